The van der Waals surface area contributed by atoms with Gasteiger partial charge in [0.1, 0.15) is 5.82 Å². The van der Waals surface area contributed by atoms with E-state index in [0.29, 0.717) is 5.16 Å². The van der Waals surface area contributed by atoms with Crippen LogP contribution in [0.15, 0.2) is 29.4 Å². The van der Waals surface area contributed by atoms with Crippen molar-refractivity contribution in [3.05, 3.63) is 35.7 Å². The van der Waals surface area contributed by atoms with Crippen molar-refractivity contribution in [1.29, 1.82) is 0 Å². The third-order valence-electron chi connectivity index (χ3n) is 3.92. The maximum atomic E-state index is 12.8. The quantitative estimate of drug-likeness (QED) is 0.881. The second-order valence-electron chi connectivity index (χ2n) is 5.57. The van der Waals surface area contributed by atoms with E-state index in [1.165, 1.54) is 17.3 Å². The van der Waals surface area contributed by atoms with Crippen LogP contribution in [0.2, 0.25) is 0 Å². The van der Waals surface area contributed by atoms with Crippen molar-refractivity contribution in [3.63, 3.8) is 0 Å². The maximum Gasteiger partial charge on any atom is 0.240 e. The van der Waals surface area contributed by atoms with Crippen LogP contribution in [0.1, 0.15) is 32.2 Å². The molecule has 1 aliphatic heterocycles. The molecule has 2 atom stereocenters. The van der Waals surface area contributed by atoms with Gasteiger partial charge >= 0.3 is 0 Å². The zero-order valence-electron chi connectivity index (χ0n) is 13.0. The number of carbonyl (C=O) groups is 1. The molecule has 1 amide bonds. The molecule has 1 aliphatic rings. The van der Waals surface area contributed by atoms with Crippen LogP contribution in [-0.4, -0.2) is 32.4 Å². The number of aromatic nitrogens is 3. The predicted octanol–water partition coefficient (Wildman–Crippen LogP) is 2.83. The van der Waals surface area contributed by atoms with Crippen LogP contribution in [0.3, 0.4) is 0 Å². The number of para-hydroxylation sites is 1. The number of aromatic amines is 1. The SMILES string of the molecule is CCc1nc(SC(C)C(=O)N2c3ccccc3CC2C)n[nH]1. The summed E-state index contributed by atoms with van der Waals surface area (Å²) < 4.78 is 0. The predicted molar refractivity (Wildman–Crippen MR) is 88.2 cm³/mol. The lowest BCUT2D eigenvalue weighted by Gasteiger charge is -2.25. The van der Waals surface area contributed by atoms with Crippen molar-refractivity contribution >= 4 is 23.4 Å². The Kier molecular flexibility index (Phi) is 4.20. The first-order valence-electron chi connectivity index (χ1n) is 7.59. The van der Waals surface area contributed by atoms with Gasteiger partial charge in [-0.15, -0.1) is 5.10 Å². The summed E-state index contributed by atoms with van der Waals surface area (Å²) in [4.78, 5) is 19.1. The molecule has 0 spiro atoms. The number of thioether (sulfide) groups is 1. The van der Waals surface area contributed by atoms with E-state index in [-0.39, 0.29) is 17.2 Å². The molecule has 2 unspecified atom stereocenters. The number of carbonyl (C=O) groups excluding carboxylic acids is 1. The van der Waals surface area contributed by atoms with Gasteiger partial charge in [-0.05, 0) is 31.9 Å². The van der Waals surface area contributed by atoms with Gasteiger partial charge in [-0.1, -0.05) is 36.9 Å². The third kappa shape index (κ3) is 2.75. The van der Waals surface area contributed by atoms with E-state index in [1.807, 2.05) is 36.9 Å². The van der Waals surface area contributed by atoms with Crippen LogP contribution in [-0.2, 0) is 17.6 Å². The second-order valence-corrected chi connectivity index (χ2v) is 6.88. The molecule has 22 heavy (non-hydrogen) atoms. The van der Waals surface area contributed by atoms with Crippen molar-refractivity contribution in [2.24, 2.45) is 0 Å². The van der Waals surface area contributed by atoms with Crippen molar-refractivity contribution in [2.75, 3.05) is 4.90 Å². The Bertz CT molecular complexity index is 684. The molecule has 6 heteroatoms. The summed E-state index contributed by atoms with van der Waals surface area (Å²) in [5.74, 6) is 0.965. The van der Waals surface area contributed by atoms with Gasteiger partial charge in [0.05, 0.1) is 5.25 Å². The first-order chi connectivity index (χ1) is 10.6. The first-order valence-corrected chi connectivity index (χ1v) is 8.47. The number of benzene rings is 1. The Labute approximate surface area is 134 Å². The van der Waals surface area contributed by atoms with Gasteiger partial charge < -0.3 is 4.90 Å². The van der Waals surface area contributed by atoms with Crippen LogP contribution in [0.4, 0.5) is 5.69 Å². The maximum absolute atomic E-state index is 12.8. The second kappa shape index (κ2) is 6.12. The molecule has 0 aliphatic carbocycles. The third-order valence-corrected chi connectivity index (χ3v) is 4.87. The molecule has 2 aromatic rings. The van der Waals surface area contributed by atoms with E-state index in [1.54, 1.807) is 0 Å². The van der Waals surface area contributed by atoms with E-state index < -0.39 is 0 Å². The molecule has 1 aromatic carbocycles. The van der Waals surface area contributed by atoms with Gasteiger partial charge in [-0.25, -0.2) is 4.98 Å². The van der Waals surface area contributed by atoms with Gasteiger partial charge in [0.15, 0.2) is 0 Å². The minimum absolute atomic E-state index is 0.116. The van der Waals surface area contributed by atoms with Crippen molar-refractivity contribution < 1.29 is 4.79 Å². The number of aryl methyl sites for hydroxylation is 1. The molecule has 2 heterocycles. The number of amides is 1. The van der Waals surface area contributed by atoms with Crippen LogP contribution in [0, 0.1) is 0 Å². The Morgan fingerprint density at radius 3 is 3.00 bits per heavy atom. The molecule has 116 valence electrons. The summed E-state index contributed by atoms with van der Waals surface area (Å²) in [5.41, 5.74) is 2.28. The smallest absolute Gasteiger partial charge is 0.240 e. The summed E-state index contributed by atoms with van der Waals surface area (Å²) in [5, 5.41) is 7.47. The molecule has 1 N–H and O–H groups in total. The number of hydrogen-bond donors (Lipinski definition) is 1. The van der Waals surface area contributed by atoms with Gasteiger partial charge in [0.2, 0.25) is 11.1 Å². The lowest BCUT2D eigenvalue weighted by molar-refractivity contribution is -0.118. The first kappa shape index (κ1) is 15.1. The summed E-state index contributed by atoms with van der Waals surface area (Å²) in [6, 6.07) is 8.33. The monoisotopic (exact) mass is 316 g/mol. The fraction of sp³-hybridized carbons (Fsp3) is 0.438. The Morgan fingerprint density at radius 1 is 1.50 bits per heavy atom. The highest BCUT2D eigenvalue weighted by atomic mass is 32.2. The molecule has 5 nitrogen and oxygen atoms in total. The van der Waals surface area contributed by atoms with E-state index >= 15 is 0 Å². The minimum atomic E-state index is -0.214. The van der Waals surface area contributed by atoms with E-state index in [0.717, 1.165) is 24.4 Å². The minimum Gasteiger partial charge on any atom is -0.308 e. The average Bonchev–Trinajstić information content (AvgIpc) is 3.09. The normalized spacial score (nSPS) is 18.3. The Balaban J connectivity index is 1.75. The van der Waals surface area contributed by atoms with Crippen molar-refractivity contribution in [3.8, 4) is 0 Å². The van der Waals surface area contributed by atoms with Gasteiger partial charge in [0, 0.05) is 18.2 Å². The largest absolute Gasteiger partial charge is 0.308 e. The highest BCUT2D eigenvalue weighted by Crippen LogP contribution is 2.34. The molecule has 0 radical (unpaired) electrons. The van der Waals surface area contributed by atoms with Crippen LogP contribution in [0.25, 0.3) is 0 Å². The topological polar surface area (TPSA) is 61.9 Å². The van der Waals surface area contributed by atoms with Crippen LogP contribution < -0.4 is 4.90 Å². The summed E-state index contributed by atoms with van der Waals surface area (Å²) in [6.45, 7) is 6.03. The Morgan fingerprint density at radius 2 is 2.27 bits per heavy atom. The highest BCUT2D eigenvalue weighted by molar-refractivity contribution is 8.00. The zero-order chi connectivity index (χ0) is 15.7. The van der Waals surface area contributed by atoms with Gasteiger partial charge in [-0.2, -0.15) is 0 Å². The molecular weight excluding hydrogens is 296 g/mol. The lowest BCUT2D eigenvalue weighted by atomic mass is 10.1. The fourth-order valence-corrected chi connectivity index (χ4v) is 3.59. The molecule has 0 bridgehead atoms. The number of hydrogen-bond acceptors (Lipinski definition) is 4. The standard InChI is InChI=1S/C16H20N4OS/c1-4-14-17-16(19-18-14)22-11(3)15(21)20-10(2)9-12-7-5-6-8-13(12)20/h5-8,10-11H,4,9H2,1-3H3,(H,17,18,19). The van der Waals surface area contributed by atoms with Crippen LogP contribution >= 0.6 is 11.8 Å². The molecule has 0 saturated heterocycles. The number of fused-ring (bicyclic) bond motifs is 1. The van der Waals surface area contributed by atoms with Gasteiger partial charge in [0.25, 0.3) is 0 Å². The molecule has 0 fully saturated rings. The van der Waals surface area contributed by atoms with E-state index in [4.69, 9.17) is 0 Å². The lowest BCUT2D eigenvalue weighted by Crippen LogP contribution is -2.40. The van der Waals surface area contributed by atoms with Crippen molar-refractivity contribution in [2.45, 2.75) is 50.1 Å². The average molecular weight is 316 g/mol. The zero-order valence-corrected chi connectivity index (χ0v) is 13.9. The summed E-state index contributed by atoms with van der Waals surface area (Å²) >= 11 is 1.41. The van der Waals surface area contributed by atoms with E-state index in [2.05, 4.69) is 28.2 Å². The molecule has 3 rings (SSSR count). The fourth-order valence-electron chi connectivity index (χ4n) is 2.79. The Hall–Kier alpha value is -1.82. The van der Waals surface area contributed by atoms with E-state index in [9.17, 15) is 4.79 Å². The molecule has 0 saturated carbocycles. The number of rotatable bonds is 4. The molecule has 1 aromatic heterocycles. The number of H-pyrrole nitrogens is 1. The summed E-state index contributed by atoms with van der Waals surface area (Å²) in [7, 11) is 0. The summed E-state index contributed by atoms with van der Waals surface area (Å²) in [6.07, 6.45) is 1.73. The van der Waals surface area contributed by atoms with Crippen molar-refractivity contribution in [1.82, 2.24) is 15.2 Å². The number of nitrogens with zero attached hydrogens (tertiary/aromatic N) is 3. The van der Waals surface area contributed by atoms with Crippen LogP contribution in [0.5, 0.6) is 0 Å². The highest BCUT2D eigenvalue weighted by Gasteiger charge is 2.33. The number of anilines is 1. The molecular formula is C16H20N4OS. The number of nitrogens with one attached hydrogen (secondary N) is 1. The van der Waals surface area contributed by atoms with Gasteiger partial charge in [-0.3, -0.25) is 9.89 Å².